The van der Waals surface area contributed by atoms with E-state index in [4.69, 9.17) is 5.21 Å². The van der Waals surface area contributed by atoms with Crippen molar-refractivity contribution in [2.45, 2.75) is 32.4 Å². The summed E-state index contributed by atoms with van der Waals surface area (Å²) in [5, 5.41) is 29.9. The first-order valence-electron chi connectivity index (χ1n) is 6.06. The van der Waals surface area contributed by atoms with Crippen LogP contribution in [0.4, 0.5) is 0 Å². The first-order valence-corrected chi connectivity index (χ1v) is 6.06. The van der Waals surface area contributed by atoms with Crippen LogP contribution in [0.15, 0.2) is 42.5 Å². The van der Waals surface area contributed by atoms with E-state index in [0.29, 0.717) is 6.42 Å². The van der Waals surface area contributed by atoms with Crippen LogP contribution in [0.3, 0.4) is 0 Å². The van der Waals surface area contributed by atoms with Crippen molar-refractivity contribution in [1.29, 1.82) is 0 Å². The van der Waals surface area contributed by atoms with Gasteiger partial charge in [0.15, 0.2) is 0 Å². The molecule has 0 aliphatic heterocycles. The average Bonchev–Trinajstić information content (AvgIpc) is 2.34. The van der Waals surface area contributed by atoms with E-state index < -0.39 is 12.1 Å². The smallest absolute Gasteiger partial charge is 0.0891 e. The molecular weight excluding hydrogens is 230 g/mol. The highest BCUT2D eigenvalue weighted by Gasteiger charge is 2.18. The Morgan fingerprint density at radius 3 is 2.33 bits per heavy atom. The lowest BCUT2D eigenvalue weighted by atomic mass is 10.0. The summed E-state index contributed by atoms with van der Waals surface area (Å²) in [6.07, 6.45) is 2.67. The topological polar surface area (TPSA) is 66.8 Å². The maximum absolute atomic E-state index is 11.1. The van der Waals surface area contributed by atoms with Crippen molar-refractivity contribution in [3.63, 3.8) is 0 Å². The van der Waals surface area contributed by atoms with Gasteiger partial charge in [-0.05, 0) is 17.9 Å². The van der Waals surface area contributed by atoms with E-state index in [9.17, 15) is 10.3 Å². The molecule has 4 heteroatoms. The molecule has 0 heterocycles. The summed E-state index contributed by atoms with van der Waals surface area (Å²) in [4.78, 5) is 0. The molecule has 0 aliphatic rings. The zero-order valence-corrected chi connectivity index (χ0v) is 10.7. The van der Waals surface area contributed by atoms with E-state index >= 15 is 0 Å². The second-order valence-corrected chi connectivity index (χ2v) is 4.68. The van der Waals surface area contributed by atoms with E-state index in [0.717, 1.165) is 5.56 Å². The van der Waals surface area contributed by atoms with E-state index in [2.05, 4.69) is 0 Å². The quantitative estimate of drug-likeness (QED) is 0.601. The normalized spacial score (nSPS) is 15.5. The van der Waals surface area contributed by atoms with Crippen LogP contribution in [0.5, 0.6) is 0 Å². The number of allylic oxidation sites excluding steroid dienone is 1. The molecule has 2 N–H and O–H groups in total. The third kappa shape index (κ3) is 4.98. The lowest BCUT2D eigenvalue weighted by Crippen LogP contribution is -2.39. The molecule has 1 aromatic rings. The Kier molecular flexibility index (Phi) is 6.01. The number of aliphatic hydroxyl groups excluding tert-OH is 1. The van der Waals surface area contributed by atoms with Crippen LogP contribution in [-0.4, -0.2) is 27.7 Å². The van der Waals surface area contributed by atoms with Crippen LogP contribution in [0.25, 0.3) is 0 Å². The minimum atomic E-state index is -0.991. The lowest BCUT2D eigenvalue weighted by molar-refractivity contribution is -0.105. The molecule has 0 bridgehead atoms. The highest BCUT2D eigenvalue weighted by Crippen LogP contribution is 2.12. The van der Waals surface area contributed by atoms with Gasteiger partial charge in [0.05, 0.1) is 12.1 Å². The Morgan fingerprint density at radius 1 is 1.22 bits per heavy atom. The van der Waals surface area contributed by atoms with Gasteiger partial charge in [-0.2, -0.15) is 0 Å². The largest absolute Gasteiger partial charge is 0.762 e. The molecule has 0 aromatic heterocycles. The van der Waals surface area contributed by atoms with Gasteiger partial charge in [-0.1, -0.05) is 56.3 Å². The van der Waals surface area contributed by atoms with Crippen molar-refractivity contribution >= 4 is 0 Å². The fourth-order valence-corrected chi connectivity index (χ4v) is 1.65. The molecule has 0 unspecified atom stereocenters. The number of benzene rings is 1. The van der Waals surface area contributed by atoms with Gasteiger partial charge in [-0.3, -0.25) is 5.23 Å². The fourth-order valence-electron chi connectivity index (χ4n) is 1.65. The number of hydroxylamine groups is 2. The summed E-state index contributed by atoms with van der Waals surface area (Å²) in [6.45, 7) is 3.95. The van der Waals surface area contributed by atoms with Crippen LogP contribution in [-0.2, 0) is 6.42 Å². The highest BCUT2D eigenvalue weighted by molar-refractivity contribution is 5.17. The Morgan fingerprint density at radius 2 is 1.83 bits per heavy atom. The summed E-state index contributed by atoms with van der Waals surface area (Å²) in [5.41, 5.74) is 0.898. The van der Waals surface area contributed by atoms with Crippen LogP contribution >= 0.6 is 0 Å². The average molecular weight is 250 g/mol. The first-order chi connectivity index (χ1) is 8.50. The molecular formula is C14H20NO3-. The molecule has 0 amide bonds. The minimum absolute atomic E-state index is 0.164. The van der Waals surface area contributed by atoms with E-state index in [-0.39, 0.29) is 11.1 Å². The maximum Gasteiger partial charge on any atom is 0.0891 e. The first kappa shape index (κ1) is 14.9. The standard InChI is InChI=1S/C14H20NO3/c1-11(2)8-9-14(16)13(15(17)18)10-12-6-4-3-5-7-12/h3-9,11,13-14,16-17H,10H2,1-2H3/q-1/t13-,14+/m1/s1. The van der Waals surface area contributed by atoms with Gasteiger partial charge in [-0.15, -0.1) is 0 Å². The molecule has 18 heavy (non-hydrogen) atoms. The van der Waals surface area contributed by atoms with Crippen LogP contribution in [0.2, 0.25) is 0 Å². The predicted molar refractivity (Wildman–Crippen MR) is 70.9 cm³/mol. The molecule has 0 fully saturated rings. The number of hydrogen-bond acceptors (Lipinski definition) is 4. The van der Waals surface area contributed by atoms with Crippen molar-refractivity contribution in [3.8, 4) is 0 Å². The van der Waals surface area contributed by atoms with Gasteiger partial charge in [-0.25, -0.2) is 0 Å². The zero-order valence-electron chi connectivity index (χ0n) is 10.7. The Labute approximate surface area is 108 Å². The van der Waals surface area contributed by atoms with Crippen LogP contribution in [0.1, 0.15) is 19.4 Å². The van der Waals surface area contributed by atoms with Gasteiger partial charge in [0.2, 0.25) is 0 Å². The van der Waals surface area contributed by atoms with Crippen molar-refractivity contribution in [1.82, 2.24) is 5.23 Å². The van der Waals surface area contributed by atoms with Crippen molar-refractivity contribution in [3.05, 3.63) is 53.3 Å². The van der Waals surface area contributed by atoms with Crippen molar-refractivity contribution < 1.29 is 10.3 Å². The molecule has 0 radical (unpaired) electrons. The number of nitrogens with zero attached hydrogens (tertiary/aromatic N) is 1. The van der Waals surface area contributed by atoms with Crippen LogP contribution < -0.4 is 0 Å². The van der Waals surface area contributed by atoms with E-state index in [1.54, 1.807) is 6.08 Å². The predicted octanol–water partition coefficient (Wildman–Crippen LogP) is 2.36. The summed E-state index contributed by atoms with van der Waals surface area (Å²) in [5.74, 6) is 0.288. The second kappa shape index (κ2) is 7.28. The van der Waals surface area contributed by atoms with E-state index in [1.165, 1.54) is 0 Å². The summed E-state index contributed by atoms with van der Waals surface area (Å²) < 4.78 is 0. The van der Waals surface area contributed by atoms with Gasteiger partial charge < -0.3 is 15.5 Å². The summed E-state index contributed by atoms with van der Waals surface area (Å²) in [7, 11) is 0. The monoisotopic (exact) mass is 250 g/mol. The number of aliphatic hydroxyl groups is 1. The van der Waals surface area contributed by atoms with Gasteiger partial charge >= 0.3 is 0 Å². The van der Waals surface area contributed by atoms with Gasteiger partial charge in [0, 0.05) is 0 Å². The molecule has 0 saturated heterocycles. The molecule has 2 atom stereocenters. The summed E-state index contributed by atoms with van der Waals surface area (Å²) in [6, 6.07) is 8.42. The Balaban J connectivity index is 2.71. The second-order valence-electron chi connectivity index (χ2n) is 4.68. The maximum atomic E-state index is 11.1. The van der Waals surface area contributed by atoms with Gasteiger partial charge in [0.1, 0.15) is 0 Å². The lowest BCUT2D eigenvalue weighted by Gasteiger charge is -2.33. The molecule has 0 saturated carbocycles. The highest BCUT2D eigenvalue weighted by atomic mass is 16.8. The third-order valence-corrected chi connectivity index (χ3v) is 2.66. The molecule has 0 aliphatic carbocycles. The van der Waals surface area contributed by atoms with Crippen molar-refractivity contribution in [2.24, 2.45) is 5.92 Å². The molecule has 0 spiro atoms. The van der Waals surface area contributed by atoms with Crippen LogP contribution in [0, 0.1) is 11.1 Å². The third-order valence-electron chi connectivity index (χ3n) is 2.66. The van der Waals surface area contributed by atoms with Gasteiger partial charge in [0.25, 0.3) is 0 Å². The van der Waals surface area contributed by atoms with Crippen molar-refractivity contribution in [2.75, 3.05) is 0 Å². The minimum Gasteiger partial charge on any atom is -0.762 e. The SMILES string of the molecule is CC(C)C=C[C@H](O)[C@@H](Cc1ccccc1)N([O-])O. The summed E-state index contributed by atoms with van der Waals surface area (Å²) >= 11 is 0. The molecule has 1 aromatic carbocycles. The zero-order chi connectivity index (χ0) is 13.5. The number of hydrogen-bond donors (Lipinski definition) is 2. The molecule has 100 valence electrons. The Hall–Kier alpha value is -1.20. The fraction of sp³-hybridized carbons (Fsp3) is 0.429. The van der Waals surface area contributed by atoms with E-state index in [1.807, 2.05) is 50.3 Å². The Bertz CT molecular complexity index is 363. The molecule has 1 rings (SSSR count). The molecule has 4 nitrogen and oxygen atoms in total. The number of rotatable bonds is 6.